The third-order valence-electron chi connectivity index (χ3n) is 5.48. The first-order valence-corrected chi connectivity index (χ1v) is 9.42. The third-order valence-corrected chi connectivity index (χ3v) is 5.48. The van der Waals surface area contributed by atoms with E-state index in [0.717, 1.165) is 11.1 Å². The predicted octanol–water partition coefficient (Wildman–Crippen LogP) is 3.28. The Bertz CT molecular complexity index is 823. The first-order valence-electron chi connectivity index (χ1n) is 9.42. The van der Waals surface area contributed by atoms with E-state index in [9.17, 15) is 10.2 Å². The van der Waals surface area contributed by atoms with Crippen molar-refractivity contribution in [3.63, 3.8) is 0 Å². The highest BCUT2D eigenvalue weighted by Gasteiger charge is 2.42. The fourth-order valence-corrected chi connectivity index (χ4v) is 4.01. The lowest BCUT2D eigenvalue weighted by Gasteiger charge is -2.28. The molecule has 2 aromatic rings. The minimum absolute atomic E-state index is 0.0130. The van der Waals surface area contributed by atoms with E-state index >= 15 is 0 Å². The second kappa shape index (κ2) is 9.35. The quantitative estimate of drug-likeness (QED) is 0.698. The van der Waals surface area contributed by atoms with Crippen LogP contribution in [0.2, 0.25) is 0 Å². The maximum Gasteiger partial charge on any atom is 0.160 e. The van der Waals surface area contributed by atoms with Gasteiger partial charge < -0.3 is 33.9 Å². The van der Waals surface area contributed by atoms with Crippen molar-refractivity contribution in [1.29, 1.82) is 0 Å². The van der Waals surface area contributed by atoms with Crippen LogP contribution in [0.15, 0.2) is 36.4 Å². The van der Waals surface area contributed by atoms with Gasteiger partial charge in [0.25, 0.3) is 0 Å². The molecule has 0 radical (unpaired) electrons. The third kappa shape index (κ3) is 4.42. The predicted molar refractivity (Wildman–Crippen MR) is 107 cm³/mol. The Kier molecular flexibility index (Phi) is 6.84. The highest BCUT2D eigenvalue weighted by atomic mass is 16.7. The van der Waals surface area contributed by atoms with Gasteiger partial charge in [0.15, 0.2) is 29.3 Å². The Balaban J connectivity index is 1.89. The number of rotatable bonds is 8. The Morgan fingerprint density at radius 2 is 1.62 bits per heavy atom. The first-order chi connectivity index (χ1) is 14.0. The highest BCUT2D eigenvalue weighted by molar-refractivity contribution is 5.43. The lowest BCUT2D eigenvalue weighted by atomic mass is 9.82. The van der Waals surface area contributed by atoms with Gasteiger partial charge in [-0.25, -0.2) is 0 Å². The molecular weight excluding hydrogens is 376 g/mol. The summed E-state index contributed by atoms with van der Waals surface area (Å²) in [5.74, 6) is 1.03. The number of aromatic hydroxyl groups is 2. The van der Waals surface area contributed by atoms with Crippen molar-refractivity contribution in [2.45, 2.75) is 18.8 Å². The molecule has 0 unspecified atom stereocenters. The summed E-state index contributed by atoms with van der Waals surface area (Å²) < 4.78 is 27.8. The van der Waals surface area contributed by atoms with Gasteiger partial charge in [-0.2, -0.15) is 0 Å². The second-order valence-electron chi connectivity index (χ2n) is 7.06. The van der Waals surface area contributed by atoms with Crippen molar-refractivity contribution in [1.82, 2.24) is 0 Å². The van der Waals surface area contributed by atoms with E-state index in [0.29, 0.717) is 24.5 Å². The molecule has 1 fully saturated rings. The van der Waals surface area contributed by atoms with Gasteiger partial charge in [-0.3, -0.25) is 0 Å². The van der Waals surface area contributed by atoms with Gasteiger partial charge in [0.05, 0.1) is 26.9 Å². The zero-order valence-electron chi connectivity index (χ0n) is 17.1. The molecule has 0 aromatic heterocycles. The van der Waals surface area contributed by atoms with E-state index in [2.05, 4.69) is 0 Å². The molecule has 0 aliphatic carbocycles. The van der Waals surface area contributed by atoms with Crippen molar-refractivity contribution < 1.29 is 33.9 Å². The van der Waals surface area contributed by atoms with Gasteiger partial charge in [-0.1, -0.05) is 12.1 Å². The summed E-state index contributed by atoms with van der Waals surface area (Å²) in [5.41, 5.74) is 1.89. The highest BCUT2D eigenvalue weighted by Crippen LogP contribution is 2.42. The Hall–Kier alpha value is -2.48. The van der Waals surface area contributed by atoms with Crippen LogP contribution in [0, 0.1) is 11.8 Å². The van der Waals surface area contributed by atoms with Crippen molar-refractivity contribution >= 4 is 0 Å². The molecular formula is C22H28O7. The lowest BCUT2D eigenvalue weighted by Crippen LogP contribution is -2.29. The van der Waals surface area contributed by atoms with E-state index < -0.39 is 0 Å². The molecule has 0 spiro atoms. The number of methoxy groups -OCH3 is 4. The van der Waals surface area contributed by atoms with Crippen LogP contribution < -0.4 is 9.47 Å². The van der Waals surface area contributed by atoms with Crippen LogP contribution in [0.3, 0.4) is 0 Å². The topological polar surface area (TPSA) is 86.6 Å². The molecule has 7 heteroatoms. The van der Waals surface area contributed by atoms with Crippen LogP contribution >= 0.6 is 0 Å². The number of hydrogen-bond acceptors (Lipinski definition) is 7. The van der Waals surface area contributed by atoms with Crippen molar-refractivity contribution in [2.75, 3.05) is 35.0 Å². The summed E-state index contributed by atoms with van der Waals surface area (Å²) in [5, 5.41) is 19.8. The molecule has 29 heavy (non-hydrogen) atoms. The van der Waals surface area contributed by atoms with Gasteiger partial charge in [0, 0.05) is 26.1 Å². The largest absolute Gasteiger partial charge is 0.504 e. The number of hydrogen-bond donors (Lipinski definition) is 2. The first kappa shape index (κ1) is 21.2. The molecule has 0 amide bonds. The summed E-state index contributed by atoms with van der Waals surface area (Å²) in [7, 11) is 6.33. The number of phenols is 2. The standard InChI is InChI=1S/C22H28O7/c1-25-19-10-13(5-7-17(19)23)9-15-16(12-29-22(15)28-4)21(27-3)14-6-8-18(24)20(11-14)26-2/h5-8,10-11,15-16,21-24H,9,12H2,1-4H3/t15-,16+,21-,22-/m1/s1. The number of benzene rings is 2. The van der Waals surface area contributed by atoms with Crippen molar-refractivity contribution in [3.8, 4) is 23.0 Å². The molecule has 2 aromatic carbocycles. The maximum absolute atomic E-state index is 9.91. The van der Waals surface area contributed by atoms with Gasteiger partial charge in [0.2, 0.25) is 0 Å². The summed E-state index contributed by atoms with van der Waals surface area (Å²) in [6.45, 7) is 0.472. The fraction of sp³-hybridized carbons (Fsp3) is 0.455. The monoisotopic (exact) mass is 404 g/mol. The molecule has 1 heterocycles. The summed E-state index contributed by atoms with van der Waals surface area (Å²) >= 11 is 0. The average Bonchev–Trinajstić information content (AvgIpc) is 3.13. The SMILES string of the molecule is COc1cc(C[C@H]2[C@H](OC)OC[C@@H]2[C@H](OC)c2ccc(O)c(OC)c2)ccc1O. The number of ether oxygens (including phenoxy) is 5. The van der Waals surface area contributed by atoms with E-state index in [-0.39, 0.29) is 35.7 Å². The van der Waals surface area contributed by atoms with Crippen LogP contribution in [-0.2, 0) is 20.6 Å². The molecule has 2 N–H and O–H groups in total. The van der Waals surface area contributed by atoms with Crippen molar-refractivity contribution in [3.05, 3.63) is 47.5 Å². The molecule has 158 valence electrons. The molecule has 7 nitrogen and oxygen atoms in total. The van der Waals surface area contributed by atoms with Crippen LogP contribution in [0.1, 0.15) is 17.2 Å². The zero-order chi connectivity index (χ0) is 21.0. The van der Waals surface area contributed by atoms with E-state index in [1.165, 1.54) is 14.2 Å². The Morgan fingerprint density at radius 3 is 2.24 bits per heavy atom. The Morgan fingerprint density at radius 1 is 0.966 bits per heavy atom. The van der Waals surface area contributed by atoms with Gasteiger partial charge in [-0.05, 0) is 41.8 Å². The molecule has 1 saturated heterocycles. The van der Waals surface area contributed by atoms with Crippen LogP contribution in [0.25, 0.3) is 0 Å². The lowest BCUT2D eigenvalue weighted by molar-refractivity contribution is -0.110. The minimum Gasteiger partial charge on any atom is -0.504 e. The molecule has 3 rings (SSSR count). The zero-order valence-corrected chi connectivity index (χ0v) is 17.1. The number of phenolic OH excluding ortho intramolecular Hbond substituents is 2. The van der Waals surface area contributed by atoms with Crippen LogP contribution in [0.5, 0.6) is 23.0 Å². The summed E-state index contributed by atoms with van der Waals surface area (Å²) in [6.07, 6.45) is 0.0136. The van der Waals surface area contributed by atoms with Crippen LogP contribution in [0.4, 0.5) is 0 Å². The molecule has 0 saturated carbocycles. The molecule has 1 aliphatic rings. The van der Waals surface area contributed by atoms with Crippen molar-refractivity contribution in [2.24, 2.45) is 11.8 Å². The summed E-state index contributed by atoms with van der Waals surface area (Å²) in [6, 6.07) is 10.5. The second-order valence-corrected chi connectivity index (χ2v) is 7.06. The van der Waals surface area contributed by atoms with E-state index in [1.54, 1.807) is 32.4 Å². The fourth-order valence-electron chi connectivity index (χ4n) is 4.01. The van der Waals surface area contributed by atoms with Gasteiger partial charge in [-0.15, -0.1) is 0 Å². The molecule has 1 aliphatic heterocycles. The molecule has 0 bridgehead atoms. The smallest absolute Gasteiger partial charge is 0.160 e. The molecule has 4 atom stereocenters. The maximum atomic E-state index is 9.91. The minimum atomic E-state index is -0.378. The van der Waals surface area contributed by atoms with Crippen LogP contribution in [-0.4, -0.2) is 51.5 Å². The normalized spacial score (nSPS) is 22.4. The average molecular weight is 404 g/mol. The Labute approximate surface area is 170 Å². The van der Waals surface area contributed by atoms with E-state index in [1.807, 2.05) is 18.2 Å². The summed E-state index contributed by atoms with van der Waals surface area (Å²) in [4.78, 5) is 0. The van der Waals surface area contributed by atoms with Gasteiger partial charge in [0.1, 0.15) is 0 Å². The van der Waals surface area contributed by atoms with Gasteiger partial charge >= 0.3 is 0 Å². The van der Waals surface area contributed by atoms with E-state index in [4.69, 9.17) is 23.7 Å².